The highest BCUT2D eigenvalue weighted by atomic mass is 16.5. The van der Waals surface area contributed by atoms with Crippen LogP contribution in [-0.4, -0.2) is 53.2 Å². The molecule has 0 bridgehead atoms. The van der Waals surface area contributed by atoms with Crippen molar-refractivity contribution in [2.75, 3.05) is 14.2 Å². The Morgan fingerprint density at radius 3 is 2.71 bits per heavy atom. The molecule has 0 saturated heterocycles. The van der Waals surface area contributed by atoms with Crippen molar-refractivity contribution in [3.05, 3.63) is 35.7 Å². The van der Waals surface area contributed by atoms with E-state index in [1.165, 1.54) is 4.90 Å². The molecule has 0 radical (unpaired) electrons. The van der Waals surface area contributed by atoms with Gasteiger partial charge in [0.15, 0.2) is 0 Å². The Morgan fingerprint density at radius 1 is 1.29 bits per heavy atom. The summed E-state index contributed by atoms with van der Waals surface area (Å²) >= 11 is 0. The third-order valence-electron chi connectivity index (χ3n) is 6.50. The van der Waals surface area contributed by atoms with E-state index >= 15 is 0 Å². The van der Waals surface area contributed by atoms with Gasteiger partial charge in [0.2, 0.25) is 11.8 Å². The van der Waals surface area contributed by atoms with E-state index in [1.54, 1.807) is 14.2 Å². The van der Waals surface area contributed by atoms with Crippen LogP contribution in [0.2, 0.25) is 0 Å². The van der Waals surface area contributed by atoms with Gasteiger partial charge in [-0.15, -0.1) is 0 Å². The van der Waals surface area contributed by atoms with E-state index in [4.69, 9.17) is 13.9 Å². The summed E-state index contributed by atoms with van der Waals surface area (Å²) in [6.07, 6.45) is 3.66. The normalized spacial score (nSPS) is 19.1. The number of likely N-dealkylation sites (N-methyl/N-ethyl adjacent to an activating group) is 1. The number of amides is 1. The van der Waals surface area contributed by atoms with E-state index in [1.807, 2.05) is 45.0 Å². The summed E-state index contributed by atoms with van der Waals surface area (Å²) in [6.45, 7) is 5.95. The number of aromatic nitrogens is 1. The van der Waals surface area contributed by atoms with Gasteiger partial charge in [-0.05, 0) is 43.4 Å². The molecule has 1 saturated carbocycles. The van der Waals surface area contributed by atoms with Crippen LogP contribution < -0.4 is 4.74 Å². The van der Waals surface area contributed by atoms with Gasteiger partial charge in [0.05, 0.1) is 19.8 Å². The standard InChI is InChI=1S/C26H36N2O6/c1-6-22-21(27-24(34-22)17-9-7-11-19(13-17)32-5)15-33-20-12-8-10-18(14-20)25(29)28(4)23(16(2)3)26(30)31/h7,9,11,13,16,18,20,23H,6,8,10,12,14-15H2,1-5H3,(H,30,31)/t18?,20?,23-/m0/s1. The second kappa shape index (κ2) is 11.5. The molecule has 8 nitrogen and oxygen atoms in total. The van der Waals surface area contributed by atoms with Crippen molar-refractivity contribution in [2.24, 2.45) is 11.8 Å². The number of hydrogen-bond donors (Lipinski definition) is 1. The van der Waals surface area contributed by atoms with Crippen molar-refractivity contribution in [1.82, 2.24) is 9.88 Å². The van der Waals surface area contributed by atoms with Gasteiger partial charge in [0.25, 0.3) is 0 Å². The Labute approximate surface area is 201 Å². The van der Waals surface area contributed by atoms with Crippen LogP contribution in [0.5, 0.6) is 5.75 Å². The number of aryl methyl sites for hydroxylation is 1. The minimum atomic E-state index is -0.973. The van der Waals surface area contributed by atoms with E-state index in [9.17, 15) is 14.7 Å². The van der Waals surface area contributed by atoms with Crippen molar-refractivity contribution in [2.45, 2.75) is 71.6 Å². The van der Waals surface area contributed by atoms with Crippen molar-refractivity contribution < 1.29 is 28.6 Å². The smallest absolute Gasteiger partial charge is 0.326 e. The Morgan fingerprint density at radius 2 is 2.06 bits per heavy atom. The fourth-order valence-electron chi connectivity index (χ4n) is 4.69. The Bertz CT molecular complexity index is 985. The van der Waals surface area contributed by atoms with Gasteiger partial charge in [-0.3, -0.25) is 4.79 Å². The summed E-state index contributed by atoms with van der Waals surface area (Å²) in [4.78, 5) is 30.8. The maximum absolute atomic E-state index is 13.1. The van der Waals surface area contributed by atoms with Crippen molar-refractivity contribution in [3.8, 4) is 17.2 Å². The first-order chi connectivity index (χ1) is 16.2. The predicted molar refractivity (Wildman–Crippen MR) is 127 cm³/mol. The molecule has 1 aliphatic rings. The maximum atomic E-state index is 13.1. The molecule has 3 atom stereocenters. The fraction of sp³-hybridized carbons (Fsp3) is 0.577. The number of carbonyl (C=O) groups excluding carboxylic acids is 1. The lowest BCUT2D eigenvalue weighted by molar-refractivity contribution is -0.153. The maximum Gasteiger partial charge on any atom is 0.326 e. The van der Waals surface area contributed by atoms with Crippen LogP contribution in [0.3, 0.4) is 0 Å². The van der Waals surface area contributed by atoms with Crippen molar-refractivity contribution in [3.63, 3.8) is 0 Å². The molecular formula is C26H36N2O6. The van der Waals surface area contributed by atoms with Gasteiger partial charge in [-0.2, -0.15) is 0 Å². The molecule has 0 spiro atoms. The molecule has 34 heavy (non-hydrogen) atoms. The summed E-state index contributed by atoms with van der Waals surface area (Å²) in [7, 11) is 3.21. The number of ether oxygens (including phenoxy) is 2. The van der Waals surface area contributed by atoms with Crippen LogP contribution in [0.25, 0.3) is 11.5 Å². The van der Waals surface area contributed by atoms with E-state index in [2.05, 4.69) is 4.98 Å². The highest BCUT2D eigenvalue weighted by Crippen LogP contribution is 2.31. The highest BCUT2D eigenvalue weighted by molar-refractivity contribution is 5.85. The summed E-state index contributed by atoms with van der Waals surface area (Å²) in [6, 6.07) is 6.74. The van der Waals surface area contributed by atoms with E-state index in [-0.39, 0.29) is 23.8 Å². The summed E-state index contributed by atoms with van der Waals surface area (Å²) in [5.74, 6) is 0.547. The largest absolute Gasteiger partial charge is 0.497 e. The fourth-order valence-corrected chi connectivity index (χ4v) is 4.69. The molecule has 1 aliphatic carbocycles. The zero-order chi connectivity index (χ0) is 24.8. The molecule has 0 aliphatic heterocycles. The monoisotopic (exact) mass is 472 g/mol. The first-order valence-electron chi connectivity index (χ1n) is 12.0. The molecule has 8 heteroatoms. The van der Waals surface area contributed by atoms with Gasteiger partial charge in [0, 0.05) is 24.9 Å². The zero-order valence-corrected chi connectivity index (χ0v) is 20.7. The Hall–Kier alpha value is -2.87. The first-order valence-corrected chi connectivity index (χ1v) is 12.0. The van der Waals surface area contributed by atoms with Gasteiger partial charge in [-0.1, -0.05) is 33.3 Å². The molecule has 3 rings (SSSR count). The molecule has 2 unspecified atom stereocenters. The molecule has 1 aromatic heterocycles. The number of benzene rings is 1. The second-order valence-corrected chi connectivity index (χ2v) is 9.25. The lowest BCUT2D eigenvalue weighted by Crippen LogP contribution is -2.48. The Balaban J connectivity index is 1.65. The number of nitrogens with zero attached hydrogens (tertiary/aromatic N) is 2. The third-order valence-corrected chi connectivity index (χ3v) is 6.50. The predicted octanol–water partition coefficient (Wildman–Crippen LogP) is 4.56. The first kappa shape index (κ1) is 25.7. The molecule has 1 amide bonds. The quantitative estimate of drug-likeness (QED) is 0.541. The van der Waals surface area contributed by atoms with E-state index in [0.29, 0.717) is 25.3 Å². The summed E-state index contributed by atoms with van der Waals surface area (Å²) in [5.41, 5.74) is 1.60. The molecule has 1 aromatic carbocycles. The molecule has 186 valence electrons. The zero-order valence-electron chi connectivity index (χ0n) is 20.7. The van der Waals surface area contributed by atoms with Crippen LogP contribution in [0.4, 0.5) is 0 Å². The van der Waals surface area contributed by atoms with Crippen LogP contribution in [0.15, 0.2) is 28.7 Å². The van der Waals surface area contributed by atoms with Gasteiger partial charge >= 0.3 is 5.97 Å². The van der Waals surface area contributed by atoms with Crippen molar-refractivity contribution >= 4 is 11.9 Å². The van der Waals surface area contributed by atoms with E-state index in [0.717, 1.165) is 42.0 Å². The number of oxazole rings is 1. The highest BCUT2D eigenvalue weighted by Gasteiger charge is 2.35. The minimum Gasteiger partial charge on any atom is -0.497 e. The van der Waals surface area contributed by atoms with Gasteiger partial charge < -0.3 is 23.9 Å². The average molecular weight is 473 g/mol. The lowest BCUT2D eigenvalue weighted by atomic mass is 9.85. The number of carboxylic acid groups (broad SMARTS) is 1. The number of hydrogen-bond acceptors (Lipinski definition) is 6. The number of carbonyl (C=O) groups is 2. The second-order valence-electron chi connectivity index (χ2n) is 9.25. The summed E-state index contributed by atoms with van der Waals surface area (Å²) in [5, 5.41) is 9.55. The van der Waals surface area contributed by atoms with E-state index < -0.39 is 12.0 Å². The molecular weight excluding hydrogens is 436 g/mol. The lowest BCUT2D eigenvalue weighted by Gasteiger charge is -2.34. The van der Waals surface area contributed by atoms with Gasteiger partial charge in [0.1, 0.15) is 23.2 Å². The molecule has 1 N–H and O–H groups in total. The molecule has 2 aromatic rings. The molecule has 1 fully saturated rings. The topological polar surface area (TPSA) is 102 Å². The van der Waals surface area contributed by atoms with Crippen LogP contribution in [0, 0.1) is 11.8 Å². The Kier molecular flexibility index (Phi) is 8.72. The number of rotatable bonds is 10. The number of methoxy groups -OCH3 is 1. The molecule has 1 heterocycles. The SMILES string of the molecule is CCc1oc(-c2cccc(OC)c2)nc1COC1CCCC(C(=O)N(C)[C@H](C(=O)O)C(C)C)C1. The van der Waals surface area contributed by atoms with Crippen LogP contribution >= 0.6 is 0 Å². The minimum absolute atomic E-state index is 0.0832. The summed E-state index contributed by atoms with van der Waals surface area (Å²) < 4.78 is 17.5. The van der Waals surface area contributed by atoms with Crippen molar-refractivity contribution in [1.29, 1.82) is 0 Å². The average Bonchev–Trinajstić information content (AvgIpc) is 3.25. The number of aliphatic carboxylic acids is 1. The third kappa shape index (κ3) is 5.97. The van der Waals surface area contributed by atoms with Crippen LogP contribution in [0.1, 0.15) is 57.9 Å². The van der Waals surface area contributed by atoms with Gasteiger partial charge in [-0.25, -0.2) is 9.78 Å². The van der Waals surface area contributed by atoms with Crippen LogP contribution in [-0.2, 0) is 27.4 Å². The number of carboxylic acids is 1.